The van der Waals surface area contributed by atoms with Gasteiger partial charge in [-0.05, 0) is 42.5 Å². The minimum Gasteiger partial charge on any atom is -0.481 e. The molecule has 3 aromatic rings. The molecule has 0 radical (unpaired) electrons. The molecule has 0 aliphatic carbocycles. The van der Waals surface area contributed by atoms with Crippen LogP contribution in [0, 0.1) is 0 Å². The van der Waals surface area contributed by atoms with Crippen molar-refractivity contribution in [3.8, 4) is 0 Å². The van der Waals surface area contributed by atoms with E-state index < -0.39 is 11.9 Å². The van der Waals surface area contributed by atoms with Crippen molar-refractivity contribution >= 4 is 41.2 Å². The second-order valence-electron chi connectivity index (χ2n) is 8.15. The molecule has 0 aliphatic heterocycles. The lowest BCUT2D eigenvalue weighted by Gasteiger charge is -2.06. The van der Waals surface area contributed by atoms with Crippen LogP contribution in [0.1, 0.15) is 41.3 Å². The number of amides is 1. The summed E-state index contributed by atoms with van der Waals surface area (Å²) in [6.45, 7) is 1.30. The van der Waals surface area contributed by atoms with Crippen molar-refractivity contribution in [2.75, 3.05) is 20.6 Å². The molecule has 0 spiro atoms. The number of aliphatic imine (C=N–C) groups is 1. The van der Waals surface area contributed by atoms with Crippen molar-refractivity contribution in [1.82, 2.24) is 25.2 Å². The van der Waals surface area contributed by atoms with Crippen molar-refractivity contribution < 1.29 is 29.0 Å². The maximum absolute atomic E-state index is 12.5. The number of aryl methyl sites for hydroxylation is 2. The number of benzene rings is 1. The fourth-order valence-corrected chi connectivity index (χ4v) is 3.17. The van der Waals surface area contributed by atoms with E-state index >= 15 is 0 Å². The highest BCUT2D eigenvalue weighted by Crippen LogP contribution is 2.17. The zero-order valence-corrected chi connectivity index (χ0v) is 20.7. The Morgan fingerprint density at radius 2 is 1.89 bits per heavy atom. The van der Waals surface area contributed by atoms with E-state index in [4.69, 9.17) is 5.11 Å². The number of H-pyrrole nitrogens is 2. The highest BCUT2D eigenvalue weighted by Gasteiger charge is 2.11. The molecule has 12 nitrogen and oxygen atoms in total. The van der Waals surface area contributed by atoms with Gasteiger partial charge in [0.25, 0.3) is 11.5 Å². The normalized spacial score (nSPS) is 10.6. The van der Waals surface area contributed by atoms with Crippen LogP contribution in [0.25, 0.3) is 11.0 Å². The van der Waals surface area contributed by atoms with Crippen LogP contribution in [0.5, 0.6) is 0 Å². The number of carbonyl (C=O) groups excluding carboxylic acids is 2. The largest absolute Gasteiger partial charge is 0.481 e. The maximum Gasteiger partial charge on any atom is 0.345 e. The Morgan fingerprint density at radius 3 is 2.49 bits per heavy atom. The number of fused-ring (bicyclic) bond motifs is 1. The van der Waals surface area contributed by atoms with Gasteiger partial charge < -0.3 is 20.3 Å². The van der Waals surface area contributed by atoms with Crippen molar-refractivity contribution in [3.05, 3.63) is 57.5 Å². The van der Waals surface area contributed by atoms with E-state index in [9.17, 15) is 23.7 Å². The van der Waals surface area contributed by atoms with Gasteiger partial charge in [-0.1, -0.05) is 12.1 Å². The molecule has 0 fully saturated rings. The number of aliphatic carboxylic acids is 1. The Bertz CT molecular complexity index is 1300. The summed E-state index contributed by atoms with van der Waals surface area (Å²) in [5.74, 6) is -1.79. The standard InChI is InChI=1S/C22H26N6O4.C2H3FO2/c1-28(2)13-25-22-26-19-18(21(32)27-22)16(12-24-19)10-7-14-5-8-15(9-6-14)20(31)23-11-3-4-17(29)30;1-2(4)5-3/h5-6,8-9,12-13H,3-4,7,10-11H2,1-2H3,(H,23,31)(H,29,30)(H2,24,26,27,32);1H3/b25-13-;. The molecule has 4 N–H and O–H groups in total. The van der Waals surface area contributed by atoms with Crippen LogP contribution >= 0.6 is 0 Å². The van der Waals surface area contributed by atoms with Crippen LogP contribution in [0.4, 0.5) is 10.5 Å². The van der Waals surface area contributed by atoms with E-state index in [1.165, 1.54) is 0 Å². The Morgan fingerprint density at radius 1 is 1.22 bits per heavy atom. The van der Waals surface area contributed by atoms with Crippen molar-refractivity contribution in [2.45, 2.75) is 32.6 Å². The smallest absolute Gasteiger partial charge is 0.345 e. The van der Waals surface area contributed by atoms with Crippen molar-refractivity contribution in [1.29, 1.82) is 0 Å². The lowest BCUT2D eigenvalue weighted by molar-refractivity contribution is -0.180. The molecule has 2 heterocycles. The van der Waals surface area contributed by atoms with Gasteiger partial charge in [-0.15, -0.1) is 0 Å². The molecule has 37 heavy (non-hydrogen) atoms. The number of nitrogens with one attached hydrogen (secondary N) is 3. The molecular weight excluding hydrogens is 487 g/mol. The Balaban J connectivity index is 0.000000877. The Kier molecular flexibility index (Phi) is 10.9. The van der Waals surface area contributed by atoms with Crippen LogP contribution in [-0.4, -0.2) is 69.8 Å². The Hall–Kier alpha value is -4.55. The maximum atomic E-state index is 12.5. The molecular formula is C24H29FN6O6. The third-order valence-corrected chi connectivity index (χ3v) is 4.88. The minimum absolute atomic E-state index is 0.0238. The number of aromatic amines is 2. The molecule has 1 amide bonds. The van der Waals surface area contributed by atoms with Gasteiger partial charge in [-0.2, -0.15) is 4.98 Å². The number of rotatable bonds is 10. The first-order valence-corrected chi connectivity index (χ1v) is 11.3. The zero-order chi connectivity index (χ0) is 27.4. The Labute approximate surface area is 211 Å². The number of nitrogens with zero attached hydrogens (tertiary/aromatic N) is 3. The molecule has 0 bridgehead atoms. The van der Waals surface area contributed by atoms with E-state index in [-0.39, 0.29) is 23.8 Å². The molecule has 198 valence electrons. The average molecular weight is 517 g/mol. The van der Waals surface area contributed by atoms with Crippen molar-refractivity contribution in [3.63, 3.8) is 0 Å². The highest BCUT2D eigenvalue weighted by molar-refractivity contribution is 5.94. The third-order valence-electron chi connectivity index (χ3n) is 4.88. The summed E-state index contributed by atoms with van der Waals surface area (Å²) in [4.78, 5) is 62.9. The SMILES string of the molecule is CC(=O)OF.CN(C)/C=N\c1nc2[nH]cc(CCc3ccc(C(=O)NCCCC(=O)O)cc3)c2c(=O)[nH]1. The van der Waals surface area contributed by atoms with Gasteiger partial charge in [-0.25, -0.2) is 9.79 Å². The van der Waals surface area contributed by atoms with Gasteiger partial charge in [0.05, 0.1) is 11.7 Å². The zero-order valence-electron chi connectivity index (χ0n) is 20.7. The van der Waals surface area contributed by atoms with Crippen LogP contribution in [0.3, 0.4) is 0 Å². The predicted octanol–water partition coefficient (Wildman–Crippen LogP) is 2.29. The summed E-state index contributed by atoms with van der Waals surface area (Å²) in [5, 5.41) is 11.9. The minimum atomic E-state index is -0.912. The predicted molar refractivity (Wildman–Crippen MR) is 134 cm³/mol. The van der Waals surface area contributed by atoms with Gasteiger partial charge in [0.2, 0.25) is 5.95 Å². The third kappa shape index (κ3) is 9.55. The van der Waals surface area contributed by atoms with E-state index in [1.54, 1.807) is 29.6 Å². The topological polar surface area (TPSA) is 170 Å². The molecule has 0 unspecified atom stereocenters. The number of hydrogen-bond donors (Lipinski definition) is 4. The summed E-state index contributed by atoms with van der Waals surface area (Å²) < 4.78 is 10.3. The van der Waals surface area contributed by atoms with Crippen LogP contribution in [-0.2, 0) is 27.4 Å². The number of hydrogen-bond acceptors (Lipinski definition) is 7. The summed E-state index contributed by atoms with van der Waals surface area (Å²) in [5.41, 5.74) is 2.65. The number of carboxylic acids is 1. The van der Waals surface area contributed by atoms with E-state index in [0.29, 0.717) is 42.4 Å². The van der Waals surface area contributed by atoms with Crippen LogP contribution < -0.4 is 10.9 Å². The molecule has 0 aliphatic rings. The number of halogens is 1. The monoisotopic (exact) mass is 516 g/mol. The van der Waals surface area contributed by atoms with E-state index in [0.717, 1.165) is 18.1 Å². The molecule has 3 rings (SSSR count). The first-order valence-electron chi connectivity index (χ1n) is 11.3. The van der Waals surface area contributed by atoms with E-state index in [2.05, 4.69) is 30.2 Å². The summed E-state index contributed by atoms with van der Waals surface area (Å²) in [6, 6.07) is 7.22. The summed E-state index contributed by atoms with van der Waals surface area (Å²) >= 11 is 0. The van der Waals surface area contributed by atoms with Gasteiger partial charge in [0, 0.05) is 50.3 Å². The molecule has 2 aromatic heterocycles. The first kappa shape index (κ1) is 28.7. The van der Waals surface area contributed by atoms with Crippen molar-refractivity contribution in [2.24, 2.45) is 4.99 Å². The number of carbonyl (C=O) groups is 3. The molecule has 13 heteroatoms. The fourth-order valence-electron chi connectivity index (χ4n) is 3.17. The molecule has 0 saturated carbocycles. The highest BCUT2D eigenvalue weighted by atomic mass is 19.3. The van der Waals surface area contributed by atoms with Gasteiger partial charge in [0.15, 0.2) is 0 Å². The summed E-state index contributed by atoms with van der Waals surface area (Å²) in [7, 11) is 3.66. The quantitative estimate of drug-likeness (QED) is 0.181. The molecule has 0 saturated heterocycles. The lowest BCUT2D eigenvalue weighted by Crippen LogP contribution is -2.24. The lowest BCUT2D eigenvalue weighted by atomic mass is 10.0. The van der Waals surface area contributed by atoms with Gasteiger partial charge in [-0.3, -0.25) is 24.3 Å². The average Bonchev–Trinajstić information content (AvgIpc) is 3.28. The number of aromatic nitrogens is 3. The summed E-state index contributed by atoms with van der Waals surface area (Å²) in [6.07, 6.45) is 5.08. The second-order valence-corrected chi connectivity index (χ2v) is 8.15. The molecule has 0 atom stereocenters. The van der Waals surface area contributed by atoms with Crippen LogP contribution in [0.2, 0.25) is 0 Å². The fraction of sp³-hybridized carbons (Fsp3) is 0.333. The second kappa shape index (κ2) is 14.1. The molecule has 1 aromatic carbocycles. The van der Waals surface area contributed by atoms with Gasteiger partial charge >= 0.3 is 11.9 Å². The van der Waals surface area contributed by atoms with Gasteiger partial charge in [0.1, 0.15) is 5.65 Å². The number of carboxylic acid groups (broad SMARTS) is 1. The van der Waals surface area contributed by atoms with Crippen LogP contribution in [0.15, 0.2) is 40.2 Å². The first-order chi connectivity index (χ1) is 17.6. The van der Waals surface area contributed by atoms with E-state index in [1.807, 2.05) is 26.2 Å².